The van der Waals surface area contributed by atoms with Gasteiger partial charge in [0.25, 0.3) is 0 Å². The van der Waals surface area contributed by atoms with Crippen LogP contribution in [0.4, 0.5) is 0 Å². The molecule has 19 heavy (non-hydrogen) atoms. The summed E-state index contributed by atoms with van der Waals surface area (Å²) in [5.41, 5.74) is -0.0758. The van der Waals surface area contributed by atoms with Gasteiger partial charge in [-0.05, 0) is 30.9 Å². The number of hydrogen-bond acceptors (Lipinski definition) is 5. The number of aromatic nitrogens is 1. The minimum absolute atomic E-state index is 0.0397. The molecule has 1 atom stereocenters. The van der Waals surface area contributed by atoms with Crippen molar-refractivity contribution in [1.29, 1.82) is 5.26 Å². The number of sulfonamides is 1. The van der Waals surface area contributed by atoms with Gasteiger partial charge in [-0.1, -0.05) is 0 Å². The Hall–Kier alpha value is -1.49. The lowest BCUT2D eigenvalue weighted by Gasteiger charge is -2.16. The molecule has 2 rings (SSSR count). The van der Waals surface area contributed by atoms with Crippen LogP contribution in [0.2, 0.25) is 0 Å². The van der Waals surface area contributed by atoms with Gasteiger partial charge in [0.05, 0.1) is 0 Å². The highest BCUT2D eigenvalue weighted by molar-refractivity contribution is 7.89. The summed E-state index contributed by atoms with van der Waals surface area (Å²) in [6.45, 7) is 0.879. The van der Waals surface area contributed by atoms with Gasteiger partial charge in [-0.15, -0.1) is 0 Å². The van der Waals surface area contributed by atoms with Crippen LogP contribution in [0, 0.1) is 17.2 Å². The predicted octanol–water partition coefficient (Wildman–Crippen LogP) is 0.346. The van der Waals surface area contributed by atoms with Gasteiger partial charge in [-0.3, -0.25) is 0 Å². The number of hydrogen-bond donors (Lipinski definition) is 1. The lowest BCUT2D eigenvalue weighted by Crippen LogP contribution is -2.29. The van der Waals surface area contributed by atoms with Crippen molar-refractivity contribution in [3.63, 3.8) is 0 Å². The Morgan fingerprint density at radius 2 is 2.37 bits per heavy atom. The summed E-state index contributed by atoms with van der Waals surface area (Å²) in [7, 11) is -3.67. The van der Waals surface area contributed by atoms with Crippen LogP contribution >= 0.6 is 0 Å². The molecule has 1 N–H and O–H groups in total. The largest absolute Gasteiger partial charge is 0.396 e. The third-order valence-electron chi connectivity index (χ3n) is 3.28. The fourth-order valence-corrected chi connectivity index (χ4v) is 3.88. The maximum Gasteiger partial charge on any atom is 0.245 e. The first-order valence-corrected chi connectivity index (χ1v) is 7.49. The monoisotopic (exact) mass is 281 g/mol. The number of aliphatic hydroxyl groups excluding tert-OH is 1. The molecule has 0 aromatic carbocycles. The number of rotatable bonds is 4. The number of nitrogens with zero attached hydrogens (tertiary/aromatic N) is 3. The predicted molar refractivity (Wildman–Crippen MR) is 67.5 cm³/mol. The van der Waals surface area contributed by atoms with E-state index in [0.29, 0.717) is 19.5 Å². The van der Waals surface area contributed by atoms with Crippen LogP contribution in [0.25, 0.3) is 0 Å². The molecule has 2 heterocycles. The maximum atomic E-state index is 12.4. The maximum absolute atomic E-state index is 12.4. The van der Waals surface area contributed by atoms with Gasteiger partial charge in [0, 0.05) is 25.9 Å². The van der Waals surface area contributed by atoms with E-state index in [4.69, 9.17) is 10.4 Å². The molecule has 0 radical (unpaired) electrons. The molecule has 0 spiro atoms. The summed E-state index contributed by atoms with van der Waals surface area (Å²) in [5.74, 6) is 0.182. The van der Waals surface area contributed by atoms with E-state index in [1.807, 2.05) is 0 Å². The van der Waals surface area contributed by atoms with Crippen molar-refractivity contribution in [2.24, 2.45) is 5.92 Å². The molecule has 1 unspecified atom stereocenters. The Labute approximate surface area is 112 Å². The second-order valence-electron chi connectivity index (χ2n) is 4.49. The third-order valence-corrected chi connectivity index (χ3v) is 5.18. The van der Waals surface area contributed by atoms with Crippen molar-refractivity contribution in [2.45, 2.75) is 17.7 Å². The van der Waals surface area contributed by atoms with Gasteiger partial charge in [0.1, 0.15) is 11.0 Å². The van der Waals surface area contributed by atoms with E-state index in [9.17, 15) is 8.42 Å². The molecule has 0 amide bonds. The first-order chi connectivity index (χ1) is 9.09. The first-order valence-electron chi connectivity index (χ1n) is 6.05. The van der Waals surface area contributed by atoms with Crippen LogP contribution in [-0.4, -0.2) is 42.5 Å². The van der Waals surface area contributed by atoms with Crippen molar-refractivity contribution in [3.05, 3.63) is 24.0 Å². The van der Waals surface area contributed by atoms with E-state index in [2.05, 4.69) is 4.98 Å². The lowest BCUT2D eigenvalue weighted by atomic mass is 10.1. The molecule has 0 aliphatic carbocycles. The summed E-state index contributed by atoms with van der Waals surface area (Å²) < 4.78 is 26.2. The molecule has 6 nitrogen and oxygen atoms in total. The van der Waals surface area contributed by atoms with Crippen LogP contribution < -0.4 is 0 Å². The van der Waals surface area contributed by atoms with E-state index in [1.165, 1.54) is 22.6 Å². The summed E-state index contributed by atoms with van der Waals surface area (Å²) in [4.78, 5) is 3.74. The smallest absolute Gasteiger partial charge is 0.245 e. The number of nitriles is 1. The zero-order chi connectivity index (χ0) is 13.9. The second-order valence-corrected chi connectivity index (χ2v) is 6.40. The number of aliphatic hydroxyl groups is 1. The van der Waals surface area contributed by atoms with E-state index in [1.54, 1.807) is 6.07 Å². The van der Waals surface area contributed by atoms with Crippen molar-refractivity contribution in [1.82, 2.24) is 9.29 Å². The zero-order valence-corrected chi connectivity index (χ0v) is 11.2. The third kappa shape index (κ3) is 2.76. The van der Waals surface area contributed by atoms with Crippen molar-refractivity contribution in [2.75, 3.05) is 19.7 Å². The molecule has 1 aliphatic rings. The second kappa shape index (κ2) is 5.65. The quantitative estimate of drug-likeness (QED) is 0.859. The Bertz CT molecular complexity index is 594. The molecule has 102 valence electrons. The van der Waals surface area contributed by atoms with Crippen LogP contribution in [0.1, 0.15) is 18.5 Å². The minimum atomic E-state index is -3.67. The lowest BCUT2D eigenvalue weighted by molar-refractivity contribution is 0.259. The highest BCUT2D eigenvalue weighted by Gasteiger charge is 2.33. The highest BCUT2D eigenvalue weighted by atomic mass is 32.2. The fraction of sp³-hybridized carbons (Fsp3) is 0.500. The Morgan fingerprint density at radius 1 is 1.58 bits per heavy atom. The van der Waals surface area contributed by atoms with Gasteiger partial charge in [-0.2, -0.15) is 9.57 Å². The summed E-state index contributed by atoms with van der Waals surface area (Å²) in [6, 6.07) is 4.72. The summed E-state index contributed by atoms with van der Waals surface area (Å²) in [6.07, 6.45) is 2.74. The van der Waals surface area contributed by atoms with Gasteiger partial charge < -0.3 is 5.11 Å². The molecular formula is C12H15N3O3S. The molecule has 0 bridgehead atoms. The normalized spacial score (nSPS) is 20.3. The topological polar surface area (TPSA) is 94.3 Å². The average Bonchev–Trinajstić information content (AvgIpc) is 2.88. The van der Waals surface area contributed by atoms with Gasteiger partial charge in [0.15, 0.2) is 5.69 Å². The van der Waals surface area contributed by atoms with Crippen LogP contribution in [0.15, 0.2) is 23.2 Å². The van der Waals surface area contributed by atoms with E-state index in [0.717, 1.165) is 6.42 Å². The minimum Gasteiger partial charge on any atom is -0.396 e. The fourth-order valence-electron chi connectivity index (χ4n) is 2.26. The molecule has 1 aromatic rings. The average molecular weight is 281 g/mol. The van der Waals surface area contributed by atoms with Crippen molar-refractivity contribution >= 4 is 10.0 Å². The van der Waals surface area contributed by atoms with E-state index >= 15 is 0 Å². The van der Waals surface area contributed by atoms with Crippen LogP contribution in [-0.2, 0) is 10.0 Å². The van der Waals surface area contributed by atoms with E-state index in [-0.39, 0.29) is 23.1 Å². The van der Waals surface area contributed by atoms with Gasteiger partial charge >= 0.3 is 0 Å². The Kier molecular flexibility index (Phi) is 4.14. The summed E-state index contributed by atoms with van der Waals surface area (Å²) in [5, 5.41) is 17.8. The molecule has 1 aliphatic heterocycles. The molecule has 0 saturated carbocycles. The Balaban J connectivity index is 2.27. The summed E-state index contributed by atoms with van der Waals surface area (Å²) >= 11 is 0. The molecule has 1 aromatic heterocycles. The number of pyridine rings is 1. The van der Waals surface area contributed by atoms with Crippen LogP contribution in [0.5, 0.6) is 0 Å². The molecule has 7 heteroatoms. The van der Waals surface area contributed by atoms with Gasteiger partial charge in [-0.25, -0.2) is 13.4 Å². The zero-order valence-electron chi connectivity index (χ0n) is 10.4. The van der Waals surface area contributed by atoms with Crippen molar-refractivity contribution < 1.29 is 13.5 Å². The Morgan fingerprint density at radius 3 is 3.05 bits per heavy atom. The standard InChI is InChI=1S/C12H15N3O3S/c13-8-11-12(2-1-5-14-11)19(17,18)15-6-3-10(9-15)4-7-16/h1-2,5,10,16H,3-4,6-7,9H2. The van der Waals surface area contributed by atoms with E-state index < -0.39 is 10.0 Å². The van der Waals surface area contributed by atoms with Gasteiger partial charge in [0.2, 0.25) is 10.0 Å². The molecule has 1 saturated heterocycles. The van der Waals surface area contributed by atoms with Crippen LogP contribution in [0.3, 0.4) is 0 Å². The SMILES string of the molecule is N#Cc1ncccc1S(=O)(=O)N1CCC(CCO)C1. The molecule has 1 fully saturated rings. The highest BCUT2D eigenvalue weighted by Crippen LogP contribution is 2.26. The molecular weight excluding hydrogens is 266 g/mol. The first kappa shape index (κ1) is 13.9. The van der Waals surface area contributed by atoms with Crippen molar-refractivity contribution in [3.8, 4) is 6.07 Å².